The zero-order valence-electron chi connectivity index (χ0n) is 17.4. The molecule has 30 heavy (non-hydrogen) atoms. The molecule has 5 rings (SSSR count). The number of thioether (sulfide) groups is 1. The predicted octanol–water partition coefficient (Wildman–Crippen LogP) is 4.74. The molecule has 1 fully saturated rings. The number of rotatable bonds is 3. The highest BCUT2D eigenvalue weighted by atomic mass is 32.2. The Labute approximate surface area is 179 Å². The van der Waals surface area contributed by atoms with E-state index in [4.69, 9.17) is 19.2 Å². The van der Waals surface area contributed by atoms with Gasteiger partial charge in [0.1, 0.15) is 13.2 Å². The van der Waals surface area contributed by atoms with Crippen LogP contribution in [0.15, 0.2) is 21.9 Å². The lowest BCUT2D eigenvalue weighted by atomic mass is 10.0. The van der Waals surface area contributed by atoms with Crippen molar-refractivity contribution in [1.82, 2.24) is 9.78 Å². The zero-order valence-corrected chi connectivity index (χ0v) is 18.2. The first kappa shape index (κ1) is 19.6. The molecule has 8 heteroatoms. The number of nitrogens with one attached hydrogen (secondary N) is 1. The number of aromatic nitrogens is 2. The molecule has 0 bridgehead atoms. The Hall–Kier alpha value is -2.35. The zero-order chi connectivity index (χ0) is 20.7. The van der Waals surface area contributed by atoms with Crippen LogP contribution in [0.4, 0.5) is 5.82 Å². The van der Waals surface area contributed by atoms with Gasteiger partial charge < -0.3 is 14.2 Å². The molecular weight excluding hydrogens is 402 g/mol. The summed E-state index contributed by atoms with van der Waals surface area (Å²) in [5, 5.41) is 3.90. The van der Waals surface area contributed by atoms with Crippen LogP contribution in [0.5, 0.6) is 17.2 Å². The number of nitrogens with zero attached hydrogens (tertiary/aromatic N) is 2. The minimum Gasteiger partial charge on any atom is -0.493 e. The largest absolute Gasteiger partial charge is 0.493 e. The lowest BCUT2D eigenvalue weighted by Crippen LogP contribution is -2.17. The number of aromatic amines is 1. The summed E-state index contributed by atoms with van der Waals surface area (Å²) in [6.07, 6.45) is 7.09. The van der Waals surface area contributed by atoms with E-state index < -0.39 is 0 Å². The number of H-pyrrole nitrogens is 1. The normalized spacial score (nSPS) is 21.5. The Balaban J connectivity index is 1.60. The van der Waals surface area contributed by atoms with Crippen LogP contribution in [0.2, 0.25) is 0 Å². The maximum Gasteiger partial charge on any atom is 0.271 e. The van der Waals surface area contributed by atoms with Gasteiger partial charge in [-0.3, -0.25) is 14.6 Å². The summed E-state index contributed by atoms with van der Waals surface area (Å²) in [6, 6.07) is 4.23. The van der Waals surface area contributed by atoms with E-state index in [0.717, 1.165) is 29.3 Å². The standard InChI is InChI=1S/C22H27N3O4S/c1-13-23-21-18(22(26)24-25(21)15-7-5-3-4-6-8-15)20(30-13)14-11-16(27-2)19-17(12-14)28-9-10-29-19/h11-12,15,20H,3-10H2,1-2H3,(H,24,26). The molecular formula is C22H27N3O4S. The monoisotopic (exact) mass is 429 g/mol. The minimum atomic E-state index is -0.169. The van der Waals surface area contributed by atoms with Crippen LogP contribution in [0.1, 0.15) is 67.9 Å². The van der Waals surface area contributed by atoms with Crippen molar-refractivity contribution in [2.24, 2.45) is 4.99 Å². The molecule has 0 radical (unpaired) electrons. The van der Waals surface area contributed by atoms with Crippen LogP contribution in [0.3, 0.4) is 0 Å². The molecule has 160 valence electrons. The van der Waals surface area contributed by atoms with E-state index in [2.05, 4.69) is 5.10 Å². The molecule has 0 amide bonds. The molecule has 2 aliphatic heterocycles. The third kappa shape index (κ3) is 3.41. The molecule has 1 aliphatic carbocycles. The summed E-state index contributed by atoms with van der Waals surface area (Å²) in [5.74, 6) is 2.70. The van der Waals surface area contributed by atoms with Gasteiger partial charge in [-0.05, 0) is 37.5 Å². The van der Waals surface area contributed by atoms with Crippen LogP contribution in [0, 0.1) is 0 Å². The van der Waals surface area contributed by atoms with Crippen molar-refractivity contribution in [3.63, 3.8) is 0 Å². The third-order valence-corrected chi connectivity index (χ3v) is 7.27. The SMILES string of the molecule is COc1cc(C2SC(C)=Nc3c2c(=O)[nH]n3C2CCCCCC2)cc2c1OCCO2. The first-order valence-electron chi connectivity index (χ1n) is 10.7. The first-order chi connectivity index (χ1) is 14.7. The highest BCUT2D eigenvalue weighted by molar-refractivity contribution is 8.14. The van der Waals surface area contributed by atoms with Crippen molar-refractivity contribution in [3.05, 3.63) is 33.6 Å². The van der Waals surface area contributed by atoms with Gasteiger partial charge in [0.2, 0.25) is 5.75 Å². The van der Waals surface area contributed by atoms with Crippen LogP contribution in [-0.4, -0.2) is 35.1 Å². The average molecular weight is 430 g/mol. The lowest BCUT2D eigenvalue weighted by molar-refractivity contribution is 0.165. The van der Waals surface area contributed by atoms with Crippen molar-refractivity contribution in [2.45, 2.75) is 56.7 Å². The average Bonchev–Trinajstić information content (AvgIpc) is 2.94. The summed E-state index contributed by atoms with van der Waals surface area (Å²) in [5.41, 5.74) is 1.62. The van der Waals surface area contributed by atoms with E-state index in [-0.39, 0.29) is 10.8 Å². The van der Waals surface area contributed by atoms with E-state index >= 15 is 0 Å². The number of aliphatic imine (C=N–C) groups is 1. The van der Waals surface area contributed by atoms with E-state index in [1.54, 1.807) is 18.9 Å². The molecule has 1 aromatic heterocycles. The molecule has 3 heterocycles. The summed E-state index contributed by atoms with van der Waals surface area (Å²) in [7, 11) is 1.62. The van der Waals surface area contributed by atoms with Gasteiger partial charge in [-0.2, -0.15) is 0 Å². The van der Waals surface area contributed by atoms with Gasteiger partial charge in [0.05, 0.1) is 29.0 Å². The first-order valence-corrected chi connectivity index (χ1v) is 11.6. The van der Waals surface area contributed by atoms with Gasteiger partial charge in [-0.25, -0.2) is 4.99 Å². The molecule has 0 saturated heterocycles. The Morgan fingerprint density at radius 1 is 1.17 bits per heavy atom. The second kappa shape index (κ2) is 8.06. The number of methoxy groups -OCH3 is 1. The van der Waals surface area contributed by atoms with Gasteiger partial charge in [-0.15, -0.1) is 0 Å². The molecule has 1 saturated carbocycles. The smallest absolute Gasteiger partial charge is 0.271 e. The molecule has 1 unspecified atom stereocenters. The lowest BCUT2D eigenvalue weighted by Gasteiger charge is -2.26. The van der Waals surface area contributed by atoms with Crippen LogP contribution in [-0.2, 0) is 0 Å². The highest BCUT2D eigenvalue weighted by Crippen LogP contribution is 2.49. The minimum absolute atomic E-state index is 0.0585. The fraction of sp³-hybridized carbons (Fsp3) is 0.545. The van der Waals surface area contributed by atoms with Crippen molar-refractivity contribution in [3.8, 4) is 17.2 Å². The molecule has 1 aromatic carbocycles. The fourth-order valence-electron chi connectivity index (χ4n) is 4.67. The molecule has 2 aromatic rings. The van der Waals surface area contributed by atoms with Crippen LogP contribution < -0.4 is 19.8 Å². The second-order valence-electron chi connectivity index (χ2n) is 8.07. The number of ether oxygens (including phenoxy) is 3. The maximum atomic E-state index is 13.1. The fourth-order valence-corrected chi connectivity index (χ4v) is 5.75. The predicted molar refractivity (Wildman–Crippen MR) is 118 cm³/mol. The highest BCUT2D eigenvalue weighted by Gasteiger charge is 2.33. The van der Waals surface area contributed by atoms with Crippen LogP contribution in [0.25, 0.3) is 0 Å². The number of hydrogen-bond donors (Lipinski definition) is 1. The summed E-state index contributed by atoms with van der Waals surface area (Å²) >= 11 is 1.59. The van der Waals surface area contributed by atoms with Crippen LogP contribution >= 0.6 is 11.8 Å². The third-order valence-electron chi connectivity index (χ3n) is 6.09. The van der Waals surface area contributed by atoms with Crippen molar-refractivity contribution in [2.75, 3.05) is 20.3 Å². The van der Waals surface area contributed by atoms with E-state index in [1.807, 2.05) is 23.7 Å². The Morgan fingerprint density at radius 3 is 2.70 bits per heavy atom. The van der Waals surface area contributed by atoms with Gasteiger partial charge in [0.25, 0.3) is 5.56 Å². The van der Waals surface area contributed by atoms with E-state index in [0.29, 0.717) is 42.1 Å². The Bertz CT molecular complexity index is 1020. The summed E-state index contributed by atoms with van der Waals surface area (Å²) in [6.45, 7) is 3.01. The molecule has 1 atom stereocenters. The number of fused-ring (bicyclic) bond motifs is 2. The Kier molecular flexibility index (Phi) is 5.26. The summed E-state index contributed by atoms with van der Waals surface area (Å²) < 4.78 is 19.2. The topological polar surface area (TPSA) is 77.8 Å². The number of benzene rings is 1. The van der Waals surface area contributed by atoms with Gasteiger partial charge >= 0.3 is 0 Å². The van der Waals surface area contributed by atoms with Gasteiger partial charge in [0.15, 0.2) is 17.3 Å². The van der Waals surface area contributed by atoms with E-state index in [9.17, 15) is 4.79 Å². The maximum absolute atomic E-state index is 13.1. The molecule has 0 spiro atoms. The van der Waals surface area contributed by atoms with Crippen molar-refractivity contribution < 1.29 is 14.2 Å². The van der Waals surface area contributed by atoms with Crippen molar-refractivity contribution >= 4 is 22.6 Å². The van der Waals surface area contributed by atoms with Crippen molar-refractivity contribution in [1.29, 1.82) is 0 Å². The molecule has 3 aliphatic rings. The number of hydrogen-bond acceptors (Lipinski definition) is 6. The van der Waals surface area contributed by atoms with Gasteiger partial charge in [0, 0.05) is 0 Å². The molecule has 1 N–H and O–H groups in total. The van der Waals surface area contributed by atoms with E-state index in [1.165, 1.54) is 25.7 Å². The molecule has 7 nitrogen and oxygen atoms in total. The van der Waals surface area contributed by atoms with Gasteiger partial charge in [-0.1, -0.05) is 37.4 Å². The Morgan fingerprint density at radius 2 is 1.93 bits per heavy atom. The second-order valence-corrected chi connectivity index (χ2v) is 9.37. The quantitative estimate of drug-likeness (QED) is 0.713. The summed E-state index contributed by atoms with van der Waals surface area (Å²) in [4.78, 5) is 17.9.